The molecule has 2 atom stereocenters. The highest BCUT2D eigenvalue weighted by molar-refractivity contribution is 8.29. The highest BCUT2D eigenvalue weighted by Gasteiger charge is 2.69. The van der Waals surface area contributed by atoms with Crippen LogP contribution >= 0.6 is 11.8 Å². The van der Waals surface area contributed by atoms with Crippen LogP contribution < -0.4 is 21.2 Å². The molecule has 2 aliphatic heterocycles. The molecule has 752 valence electrons. The minimum Gasteiger partial charge on any atom is -0.743 e. The summed E-state index contributed by atoms with van der Waals surface area (Å²) in [7, 11) is -34.7. The van der Waals surface area contributed by atoms with Crippen LogP contribution in [0.3, 0.4) is 0 Å². The number of Topliss-reactive ketones (excluding diaryl/α,β-unsaturated/α-hetero) is 1. The van der Waals surface area contributed by atoms with Crippen LogP contribution in [0.25, 0.3) is 20.1 Å². The molecule has 55 heteroatoms. The summed E-state index contributed by atoms with van der Waals surface area (Å²) in [4.78, 5) is 71.3. The van der Waals surface area contributed by atoms with Crippen molar-refractivity contribution >= 4 is 122 Å². The molecule has 0 amide bonds. The van der Waals surface area contributed by atoms with Crippen LogP contribution in [0.1, 0.15) is 93.1 Å². The number of likely N-dealkylation sites (N-methyl/N-ethyl adjacent to an activating group) is 1. The first-order valence-electron chi connectivity index (χ1n) is 39.4. The summed E-state index contributed by atoms with van der Waals surface area (Å²) in [5, 5.41) is -18.9. The molecule has 5 aromatic carbocycles. The number of halogens is 19. The van der Waals surface area contributed by atoms with Crippen LogP contribution in [0.4, 0.5) is 79.0 Å². The number of benzene rings is 5. The Morgan fingerprint density at radius 3 is 1.39 bits per heavy atom. The quantitative estimate of drug-likeness (QED) is 0.00539. The molecule has 0 radical (unpaired) electrons. The maximum atomic E-state index is 13.2. The lowest BCUT2D eigenvalue weighted by atomic mass is 9.53. The van der Waals surface area contributed by atoms with Gasteiger partial charge in [-0.3, -0.25) is 54.2 Å². The molecular formula is C79H92F18IN5O22S9. The van der Waals surface area contributed by atoms with Crippen molar-refractivity contribution in [3.63, 3.8) is 0 Å². The summed E-state index contributed by atoms with van der Waals surface area (Å²) in [6.07, 6.45) is -6.28. The summed E-state index contributed by atoms with van der Waals surface area (Å²) in [6.45, 7) is 15.2. The van der Waals surface area contributed by atoms with Gasteiger partial charge in [0.2, 0.25) is 5.12 Å². The van der Waals surface area contributed by atoms with E-state index in [-0.39, 0.29) is 87.7 Å². The van der Waals surface area contributed by atoms with Gasteiger partial charge in [0.15, 0.2) is 66.8 Å². The Balaban J connectivity index is 0.000000287. The van der Waals surface area contributed by atoms with Gasteiger partial charge in [0.25, 0.3) is 6.67 Å². The lowest BCUT2D eigenvalue weighted by Gasteiger charge is -2.54. The standard InChI is InChI=1S/C26H34NO4S.C18H20IN2O.C15H22NOS2.C12H14F2O6S.C4F10NO4S2.C4H3F6O6S3/c1-3-30-25(28)19-27(20-26(29)31-4-2)16-15-21-7-9-22(10-8-21)23-11-13-24(14-12-23)32-17-5-6-18-32;1-20-15-21(2)12-13-22-14-16-8-10-18(11-9-16)19-17-6-4-3-5-7-17;1-16(2)9-10-18-15(17)13-5-7-14(8-6-13)19-11-3-4-12-19;13-12(14,21(17,18)19)10(16)20-11-3-6-1-7(4-11)9(15)8(2-6)5-11;5-1(6,7)3(11,12)20(16,17)15-21(18,19)4(13,14)2(8,9)10;1-17(11,12)2(18(13,14)3(5,6)7)19(15,16)4(8,9)10/h7-14H,3-6,15-20H2,1-2H3;3-11H,12-15H2,2H3;5-8H,3-4,9-12H2,1-2H3;6-8H,1-5H2,(H,17,18,19);;1H3/q3*+1;;2*-1/p-1. The molecule has 134 heavy (non-hydrogen) atoms. The summed E-state index contributed by atoms with van der Waals surface area (Å²) >= 11 is 1.33. The molecule has 4 bridgehead atoms. The van der Waals surface area contributed by atoms with Gasteiger partial charge in [0.1, 0.15) is 34.4 Å². The second-order valence-corrected chi connectivity index (χ2v) is 50.3. The fourth-order valence-electron chi connectivity index (χ4n) is 13.2. The van der Waals surface area contributed by atoms with Crippen LogP contribution in [0.15, 0.2) is 137 Å². The smallest absolute Gasteiger partial charge is 0.470 e. The van der Waals surface area contributed by atoms with Crippen molar-refractivity contribution in [1.82, 2.24) is 14.7 Å². The molecule has 6 aliphatic rings. The zero-order chi connectivity index (χ0) is 101. The number of carbonyl (C=O) groups excluding carboxylic acids is 5. The highest BCUT2D eigenvalue weighted by atomic mass is 127. The first-order chi connectivity index (χ1) is 61.6. The topological polar surface area (TPSA) is 378 Å². The average Bonchev–Trinajstić information content (AvgIpc) is 1.59. The summed E-state index contributed by atoms with van der Waals surface area (Å²) < 4.78 is 375. The van der Waals surface area contributed by atoms with Crippen molar-refractivity contribution in [2.24, 2.45) is 17.8 Å². The van der Waals surface area contributed by atoms with Crippen molar-refractivity contribution in [3.8, 4) is 11.1 Å². The van der Waals surface area contributed by atoms with Gasteiger partial charge < -0.3 is 32.5 Å². The number of hydrogen-bond acceptors (Lipinski definition) is 26. The molecule has 0 aromatic heterocycles. The highest BCUT2D eigenvalue weighted by Crippen LogP contribution is 2.56. The van der Waals surface area contributed by atoms with E-state index in [0.29, 0.717) is 84.8 Å². The third kappa shape index (κ3) is 33.8. The molecule has 4 saturated carbocycles. The van der Waals surface area contributed by atoms with Gasteiger partial charge in [0.05, 0.1) is 53.3 Å². The minimum absolute atomic E-state index is 0.0702. The predicted octanol–water partition coefficient (Wildman–Crippen LogP) is 10.6. The van der Waals surface area contributed by atoms with Crippen LogP contribution in [0.5, 0.6) is 0 Å². The van der Waals surface area contributed by atoms with Gasteiger partial charge in [-0.1, -0.05) is 66.4 Å². The van der Waals surface area contributed by atoms with Crippen molar-refractivity contribution in [2.45, 2.75) is 139 Å². The van der Waals surface area contributed by atoms with E-state index in [2.05, 4.69) is 125 Å². The van der Waals surface area contributed by atoms with E-state index in [9.17, 15) is 158 Å². The van der Waals surface area contributed by atoms with Gasteiger partial charge in [0, 0.05) is 70.8 Å². The van der Waals surface area contributed by atoms with Crippen LogP contribution in [0.2, 0.25) is 0 Å². The van der Waals surface area contributed by atoms with E-state index in [0.717, 1.165) is 36.4 Å². The number of nitrogens with zero attached hydrogens (tertiary/aromatic N) is 5. The molecule has 11 rings (SSSR count). The van der Waals surface area contributed by atoms with Crippen LogP contribution in [-0.2, 0) is 133 Å². The van der Waals surface area contributed by atoms with Crippen molar-refractivity contribution in [1.29, 1.82) is 0 Å². The first-order valence-corrected chi connectivity index (χ1v) is 54.9. The second kappa shape index (κ2) is 49.4. The number of sulfonamides is 2. The number of carbonyl (C=O) groups is 5. The van der Waals surface area contributed by atoms with Crippen molar-refractivity contribution < 1.29 is 198 Å². The number of ketones is 1. The predicted molar refractivity (Wildman–Crippen MR) is 454 cm³/mol. The van der Waals surface area contributed by atoms with E-state index in [1.807, 2.05) is 38.2 Å². The monoisotopic (exact) mass is 2220 g/mol. The van der Waals surface area contributed by atoms with Gasteiger partial charge in [-0.15, -0.1) is 0 Å². The Morgan fingerprint density at radius 1 is 0.575 bits per heavy atom. The van der Waals surface area contributed by atoms with Crippen LogP contribution in [-0.4, -0.2) is 259 Å². The average molecular weight is 2220 g/mol. The Kier molecular flexibility index (Phi) is 43.5. The number of ether oxygens (including phenoxy) is 4. The first kappa shape index (κ1) is 118. The summed E-state index contributed by atoms with van der Waals surface area (Å²) in [5.74, 6) is 2.80. The van der Waals surface area contributed by atoms with Gasteiger partial charge in [-0.25, -0.2) is 41.5 Å². The Labute approximate surface area is 783 Å². The number of alkyl halides is 18. The number of hydrogen-bond donors (Lipinski definition) is 0. The molecule has 5 aromatic rings. The summed E-state index contributed by atoms with van der Waals surface area (Å²) in [5.41, 5.74) is -8.64. The van der Waals surface area contributed by atoms with E-state index >= 15 is 0 Å². The van der Waals surface area contributed by atoms with Gasteiger partial charge >= 0.3 is 78.2 Å². The number of esters is 3. The van der Waals surface area contributed by atoms with Crippen molar-refractivity contribution in [3.05, 3.63) is 171 Å². The number of rotatable bonds is 34. The molecule has 0 spiro atoms. The molecule has 2 unspecified atom stereocenters. The normalized spacial score (nSPS) is 18.2. The molecule has 6 fully saturated rings. The molecular weight excluding hydrogens is 2130 g/mol. The van der Waals surface area contributed by atoms with E-state index < -0.39 is 121 Å². The van der Waals surface area contributed by atoms with E-state index in [1.54, 1.807) is 18.7 Å². The fraction of sp³-hybridized carbons (Fsp3) is 0.532. The second-order valence-electron chi connectivity index (χ2n) is 30.2. The van der Waals surface area contributed by atoms with E-state index in [4.69, 9.17) is 25.5 Å². The van der Waals surface area contributed by atoms with E-state index in [1.165, 1.54) is 94.1 Å². The van der Waals surface area contributed by atoms with Gasteiger partial charge in [-0.05, 0) is 200 Å². The largest absolute Gasteiger partial charge is 0.743 e. The van der Waals surface area contributed by atoms with Gasteiger partial charge in [-0.2, -0.15) is 79.0 Å². The SMILES string of the molecule is CCOC(=O)CN(CCc1ccc(-c2ccc([S+]3CCCC3)cc2)cc1)CC(=O)OCC.CN(C)CCSC(=O)c1ccc([S+]2CCCC2)cc1.CS(=O)(=O)[C-](S(=O)(=O)C(F)(F)F)S(=O)(=O)C(F)(F)F.O=C1C2CC3CC1CC(OC(=O)C(F)(F)S(=O)(=O)[O-])(C3)C2.O=S(=O)([N-]S(=O)(=O)C(F)(F)C(F)(F)F)C(F)(F)C(F)(F)F.[C-]#[N+]CN(C)CCOCc1ccc([I+]c2ccccc2)cc1. The fourth-order valence-corrected chi connectivity index (χ4v) is 29.4. The minimum atomic E-state index is -7.62. The maximum Gasteiger partial charge on any atom is 0.470 e. The third-order valence-electron chi connectivity index (χ3n) is 19.5. The van der Waals surface area contributed by atoms with Crippen molar-refractivity contribution in [2.75, 3.05) is 115 Å². The molecule has 0 N–H and O–H groups in total. The lowest BCUT2D eigenvalue weighted by molar-refractivity contribution is -0.597. The molecule has 27 nitrogen and oxygen atoms in total. The Bertz CT molecular complexity index is 5380. The Morgan fingerprint density at radius 2 is 0.993 bits per heavy atom. The number of thioether (sulfide) groups is 1. The zero-order valence-electron chi connectivity index (χ0n) is 71.6. The zero-order valence-corrected chi connectivity index (χ0v) is 81.1. The maximum absolute atomic E-state index is 13.2. The Hall–Kier alpha value is -6.68. The third-order valence-corrected chi connectivity index (χ3v) is 39.3. The van der Waals surface area contributed by atoms with Crippen LogP contribution in [0, 0.1) is 35.4 Å². The summed E-state index contributed by atoms with van der Waals surface area (Å²) in [6, 6.07) is 45.3. The molecule has 2 saturated heterocycles. The molecule has 2 heterocycles. The number of sulfone groups is 3. The molecule has 4 aliphatic carbocycles. The lowest BCUT2D eigenvalue weighted by Crippen LogP contribution is -3.61.